The number of hydrogen-bond donors (Lipinski definition) is 1. The van der Waals surface area contributed by atoms with Gasteiger partial charge in [0.1, 0.15) is 0 Å². The predicted molar refractivity (Wildman–Crippen MR) is 121 cm³/mol. The van der Waals surface area contributed by atoms with E-state index < -0.39 is 10.8 Å². The number of allylic oxidation sites excluding steroid dienone is 4. The maximum atomic E-state index is 12.8. The van der Waals surface area contributed by atoms with Crippen LogP contribution in [0.1, 0.15) is 52.4 Å². The average molecular weight is 388 g/mol. The highest BCUT2D eigenvalue weighted by Crippen LogP contribution is 2.22. The molecule has 0 amide bonds. The van der Waals surface area contributed by atoms with Crippen molar-refractivity contribution in [3.63, 3.8) is 0 Å². The third-order valence-corrected chi connectivity index (χ3v) is 6.44. The van der Waals surface area contributed by atoms with Crippen LogP contribution in [-0.4, -0.2) is 22.5 Å². The van der Waals surface area contributed by atoms with Crippen LogP contribution in [0.15, 0.2) is 72.2 Å². The molecule has 0 aromatic heterocycles. The van der Waals surface area contributed by atoms with Gasteiger partial charge in [0.25, 0.3) is 0 Å². The maximum absolute atomic E-state index is 12.8. The summed E-state index contributed by atoms with van der Waals surface area (Å²) in [5, 5.41) is 3.74. The molecule has 0 saturated carbocycles. The highest BCUT2D eigenvalue weighted by atomic mass is 32.2. The minimum atomic E-state index is -0.923. The van der Waals surface area contributed by atoms with Crippen molar-refractivity contribution in [1.82, 2.24) is 5.32 Å². The Morgan fingerprint density at radius 2 is 1.93 bits per heavy atom. The van der Waals surface area contributed by atoms with Crippen molar-refractivity contribution in [3.05, 3.63) is 67.3 Å². The van der Waals surface area contributed by atoms with Gasteiger partial charge in [-0.25, -0.2) is 0 Å². The minimum absolute atomic E-state index is 0.421. The number of nitrogens with one attached hydrogen (secondary N) is 1. The third kappa shape index (κ3) is 9.34. The molecule has 0 bridgehead atoms. The molecular weight excluding hydrogens is 350 g/mol. The summed E-state index contributed by atoms with van der Waals surface area (Å²) in [6.07, 6.45) is 13.6. The maximum Gasteiger partial charge on any atom is 0.0532 e. The zero-order valence-corrected chi connectivity index (χ0v) is 18.0. The Morgan fingerprint density at radius 3 is 2.52 bits per heavy atom. The van der Waals surface area contributed by atoms with Crippen molar-refractivity contribution in [1.29, 1.82) is 0 Å². The van der Waals surface area contributed by atoms with Crippen LogP contribution in [0.4, 0.5) is 0 Å². The van der Waals surface area contributed by atoms with Crippen molar-refractivity contribution in [2.24, 2.45) is 5.92 Å². The molecule has 0 spiro atoms. The van der Waals surface area contributed by atoms with Crippen LogP contribution in [0.3, 0.4) is 0 Å². The van der Waals surface area contributed by atoms with Gasteiger partial charge in [0.2, 0.25) is 0 Å². The molecule has 1 aromatic carbocycles. The fourth-order valence-corrected chi connectivity index (χ4v) is 4.72. The molecule has 2 rings (SSSR count). The molecule has 1 aromatic rings. The summed E-state index contributed by atoms with van der Waals surface area (Å²) in [5.41, 5.74) is 1.50. The molecule has 0 heterocycles. The summed E-state index contributed by atoms with van der Waals surface area (Å²) in [6.45, 7) is 11.4. The van der Waals surface area contributed by atoms with Crippen LogP contribution in [0.5, 0.6) is 0 Å². The van der Waals surface area contributed by atoms with Crippen molar-refractivity contribution in [2.75, 3.05) is 12.3 Å². The topological polar surface area (TPSA) is 29.1 Å². The first-order valence-electron chi connectivity index (χ1n) is 10.2. The van der Waals surface area contributed by atoms with E-state index in [0.717, 1.165) is 42.9 Å². The quantitative estimate of drug-likeness (QED) is 0.468. The van der Waals surface area contributed by atoms with Gasteiger partial charge in [0.05, 0.1) is 10.8 Å². The summed E-state index contributed by atoms with van der Waals surface area (Å²) >= 11 is 0. The van der Waals surface area contributed by atoms with Gasteiger partial charge in [0.15, 0.2) is 0 Å². The molecule has 1 N–H and O–H groups in total. The summed E-state index contributed by atoms with van der Waals surface area (Å²) < 4.78 is 12.8. The van der Waals surface area contributed by atoms with E-state index in [2.05, 4.69) is 50.6 Å². The van der Waals surface area contributed by atoms with E-state index in [0.29, 0.717) is 12.0 Å². The van der Waals surface area contributed by atoms with E-state index in [4.69, 9.17) is 0 Å². The lowest BCUT2D eigenvalue weighted by Crippen LogP contribution is -2.35. The van der Waals surface area contributed by atoms with Crippen molar-refractivity contribution in [2.45, 2.75) is 63.3 Å². The van der Waals surface area contributed by atoms with E-state index in [1.165, 1.54) is 18.4 Å². The molecule has 0 saturated heterocycles. The molecule has 3 atom stereocenters. The smallest absolute Gasteiger partial charge is 0.0532 e. The Labute approximate surface area is 169 Å². The van der Waals surface area contributed by atoms with Gasteiger partial charge in [-0.1, -0.05) is 62.3 Å². The Hall–Kier alpha value is -1.45. The zero-order chi connectivity index (χ0) is 19.9. The molecule has 3 heteroatoms. The second kappa shape index (κ2) is 14.6. The van der Waals surface area contributed by atoms with Crippen LogP contribution in [0, 0.1) is 5.92 Å². The fraction of sp³-hybridized carbons (Fsp3) is 0.500. The highest BCUT2D eigenvalue weighted by Gasteiger charge is 2.18. The van der Waals surface area contributed by atoms with Gasteiger partial charge in [-0.05, 0) is 56.7 Å². The number of rotatable bonds is 11. The van der Waals surface area contributed by atoms with Gasteiger partial charge in [-0.3, -0.25) is 4.21 Å². The van der Waals surface area contributed by atoms with Crippen LogP contribution >= 0.6 is 0 Å². The molecule has 2 unspecified atom stereocenters. The van der Waals surface area contributed by atoms with Crippen molar-refractivity contribution in [3.8, 4) is 0 Å². The van der Waals surface area contributed by atoms with E-state index >= 15 is 0 Å². The lowest BCUT2D eigenvalue weighted by Gasteiger charge is -2.23. The Bertz CT molecular complexity index is 594. The molecule has 27 heavy (non-hydrogen) atoms. The third-order valence-electron chi connectivity index (χ3n) is 4.87. The SMILES string of the molecule is C=C.CCCC(CC)NC[C@H](CC1=CC=CCC1)CS(=O)c1ccccc1. The summed E-state index contributed by atoms with van der Waals surface area (Å²) in [5.74, 6) is 1.16. The average Bonchev–Trinajstić information content (AvgIpc) is 2.73. The van der Waals surface area contributed by atoms with Gasteiger partial charge >= 0.3 is 0 Å². The Kier molecular flexibility index (Phi) is 12.7. The molecule has 2 nitrogen and oxygen atoms in total. The summed E-state index contributed by atoms with van der Waals surface area (Å²) in [7, 11) is -0.923. The molecule has 1 aliphatic rings. The zero-order valence-electron chi connectivity index (χ0n) is 17.2. The van der Waals surface area contributed by atoms with Gasteiger partial charge in [-0.15, -0.1) is 13.2 Å². The largest absolute Gasteiger partial charge is 0.314 e. The monoisotopic (exact) mass is 387 g/mol. The van der Waals surface area contributed by atoms with Gasteiger partial charge in [0, 0.05) is 16.7 Å². The van der Waals surface area contributed by atoms with E-state index in [1.807, 2.05) is 30.3 Å². The van der Waals surface area contributed by atoms with Crippen LogP contribution in [0.2, 0.25) is 0 Å². The molecule has 150 valence electrons. The summed E-state index contributed by atoms with van der Waals surface area (Å²) in [4.78, 5) is 0.950. The molecule has 0 radical (unpaired) electrons. The first kappa shape index (κ1) is 23.6. The Morgan fingerprint density at radius 1 is 1.19 bits per heavy atom. The van der Waals surface area contributed by atoms with E-state index in [-0.39, 0.29) is 0 Å². The lowest BCUT2D eigenvalue weighted by atomic mass is 9.94. The van der Waals surface area contributed by atoms with E-state index in [9.17, 15) is 4.21 Å². The molecular formula is C24H37NOS. The number of benzene rings is 1. The number of hydrogen-bond acceptors (Lipinski definition) is 2. The van der Waals surface area contributed by atoms with Crippen molar-refractivity contribution < 1.29 is 4.21 Å². The fourth-order valence-electron chi connectivity index (χ4n) is 3.40. The first-order chi connectivity index (χ1) is 13.2. The van der Waals surface area contributed by atoms with Crippen LogP contribution in [-0.2, 0) is 10.8 Å². The molecule has 0 aliphatic heterocycles. The van der Waals surface area contributed by atoms with Crippen LogP contribution < -0.4 is 5.32 Å². The van der Waals surface area contributed by atoms with E-state index in [1.54, 1.807) is 0 Å². The first-order valence-corrected chi connectivity index (χ1v) is 11.6. The second-order valence-electron chi connectivity index (χ2n) is 6.99. The van der Waals surface area contributed by atoms with Crippen molar-refractivity contribution >= 4 is 10.8 Å². The minimum Gasteiger partial charge on any atom is -0.314 e. The van der Waals surface area contributed by atoms with Gasteiger partial charge in [-0.2, -0.15) is 0 Å². The van der Waals surface area contributed by atoms with Gasteiger partial charge < -0.3 is 5.32 Å². The predicted octanol–water partition coefficient (Wildman–Crippen LogP) is 6.05. The molecule has 1 aliphatic carbocycles. The standard InChI is InChI=1S/C22H33NOS.C2H4/c1-3-11-21(4-2)23-17-20(16-19-12-7-5-8-13-19)18-25(24)22-14-9-6-10-15-22;1-2/h5-7,9-10,12,14-15,20-21,23H,3-4,8,11,13,16-18H2,1-2H3;1-2H2/t20-,21?,25?;/m0./s1. The Balaban J connectivity index is 0.00000176. The summed E-state index contributed by atoms with van der Waals surface area (Å²) in [6, 6.07) is 10.5. The lowest BCUT2D eigenvalue weighted by molar-refractivity contribution is 0.413. The van der Waals surface area contributed by atoms with Crippen LogP contribution in [0.25, 0.3) is 0 Å². The highest BCUT2D eigenvalue weighted by molar-refractivity contribution is 7.85. The normalized spacial score (nSPS) is 16.6. The molecule has 0 fully saturated rings. The second-order valence-corrected chi connectivity index (χ2v) is 8.49.